The van der Waals surface area contributed by atoms with E-state index in [0.717, 1.165) is 16.5 Å². The number of hydrogen-bond acceptors (Lipinski definition) is 6. The summed E-state index contributed by atoms with van der Waals surface area (Å²) >= 11 is -1.13. The van der Waals surface area contributed by atoms with Crippen LogP contribution in [0.3, 0.4) is 0 Å². The molecule has 2 heterocycles. The van der Waals surface area contributed by atoms with E-state index in [1.807, 2.05) is 19.1 Å². The van der Waals surface area contributed by atoms with Crippen molar-refractivity contribution in [1.29, 1.82) is 0 Å². The number of aromatic hydroxyl groups is 2. The molecule has 9 heteroatoms. The molecule has 1 aliphatic heterocycles. The van der Waals surface area contributed by atoms with Gasteiger partial charge in [0.25, 0.3) is 0 Å². The average molecular weight is 658 g/mol. The number of nitrogens with zero attached hydrogens (tertiary/aromatic N) is 1. The number of amides is 1. The van der Waals surface area contributed by atoms with Crippen molar-refractivity contribution in [2.45, 2.75) is 30.6 Å². The Morgan fingerprint density at radius 1 is 1.00 bits per heavy atom. The number of phenolic OH excluding ortho intramolecular Hbond substituents is 2. The first-order valence-electron chi connectivity index (χ1n) is 13.4. The quantitative estimate of drug-likeness (QED) is 0.100. The fourth-order valence-corrected chi connectivity index (χ4v) is 10.4. The summed E-state index contributed by atoms with van der Waals surface area (Å²) in [5.41, 5.74) is 3.77. The van der Waals surface area contributed by atoms with Gasteiger partial charge in [-0.15, -0.1) is 0 Å². The first kappa shape index (κ1) is 28.1. The Kier molecular flexibility index (Phi) is 9.01. The second kappa shape index (κ2) is 12.8. The van der Waals surface area contributed by atoms with Crippen LogP contribution in [0.2, 0.25) is 0 Å². The van der Waals surface area contributed by atoms with Crippen LogP contribution in [-0.4, -0.2) is 43.3 Å². The topological polar surface area (TPSA) is 108 Å². The summed E-state index contributed by atoms with van der Waals surface area (Å²) in [4.78, 5) is 13.0. The normalized spacial score (nSPS) is 14.9. The van der Waals surface area contributed by atoms with Crippen molar-refractivity contribution in [3.05, 3.63) is 77.7 Å². The van der Waals surface area contributed by atoms with Gasteiger partial charge in [0.2, 0.25) is 0 Å². The molecular weight excluding hydrogens is 624 g/mol. The van der Waals surface area contributed by atoms with Crippen molar-refractivity contribution >= 4 is 25.7 Å². The van der Waals surface area contributed by atoms with Gasteiger partial charge < -0.3 is 0 Å². The van der Waals surface area contributed by atoms with E-state index in [2.05, 4.69) is 27.9 Å². The predicted octanol–water partition coefficient (Wildman–Crippen LogP) is 6.71. The molecule has 5 rings (SSSR count). The fourth-order valence-electron chi connectivity index (χ4n) is 4.83. The molecule has 0 bridgehead atoms. The van der Waals surface area contributed by atoms with Gasteiger partial charge >= 0.3 is 219 Å². The zero-order valence-electron chi connectivity index (χ0n) is 22.3. The number of benzene rings is 3. The molecule has 1 saturated heterocycles. The fraction of sp³-hybridized carbons (Fsp3) is 0.290. The van der Waals surface area contributed by atoms with Gasteiger partial charge in [0.05, 0.1) is 0 Å². The monoisotopic (exact) mass is 657 g/mol. The molecule has 1 fully saturated rings. The van der Waals surface area contributed by atoms with Gasteiger partial charge in [-0.25, -0.2) is 4.39 Å². The number of carbonyl (C=O) groups excluding carboxylic acids is 1. The molecule has 0 unspecified atom stereocenters. The Bertz CT molecular complexity index is 1460. The van der Waals surface area contributed by atoms with E-state index in [1.54, 1.807) is 18.2 Å². The van der Waals surface area contributed by atoms with E-state index in [1.165, 1.54) is 52.0 Å². The van der Waals surface area contributed by atoms with Gasteiger partial charge in [0.1, 0.15) is 5.82 Å². The van der Waals surface area contributed by atoms with Crippen LogP contribution < -0.4 is 10.6 Å². The van der Waals surface area contributed by atoms with Gasteiger partial charge in [-0.2, -0.15) is 0 Å². The maximum absolute atomic E-state index is 13.5. The molecule has 40 heavy (non-hydrogen) atoms. The van der Waals surface area contributed by atoms with Gasteiger partial charge in [-0.1, -0.05) is 0 Å². The second-order valence-corrected chi connectivity index (χ2v) is 15.6. The summed E-state index contributed by atoms with van der Waals surface area (Å²) in [6, 6.07) is 16.6. The van der Waals surface area contributed by atoms with E-state index in [-0.39, 0.29) is 34.4 Å². The van der Waals surface area contributed by atoms with Gasteiger partial charge in [0, 0.05) is 0 Å². The minimum absolute atomic E-state index is 0.111. The Balaban J connectivity index is 1.54. The van der Waals surface area contributed by atoms with E-state index < -0.39 is 25.6 Å². The van der Waals surface area contributed by atoms with E-state index in [9.17, 15) is 19.4 Å². The standard InChI is InChI=1S/C31H33FIN3O4/c1-2-35-31(39)29-28(22-8-6-20(7-9-22)18-33-14-4-3-5-15-34-19-33)30(40-36-29)25-16-24(26(37)17-27(25)38)21-10-12-23(32)13-11-21/h6-13,16-17,34,37-38H,2-5,14-15,18-19H2,1H3,(H,35,39). The van der Waals surface area contributed by atoms with Crippen molar-refractivity contribution in [1.82, 2.24) is 15.8 Å². The number of phenols is 2. The SMILES string of the molecule is CCNC(=O)c1noc(-c2cc(-c3ccc(F)cc3)c(O)cc2O)c1-c1ccc(CI2CCCCCNC2)cc1. The third kappa shape index (κ3) is 6.31. The summed E-state index contributed by atoms with van der Waals surface area (Å²) in [6.07, 6.45) is 3.88. The van der Waals surface area contributed by atoms with Gasteiger partial charge in [-0.05, 0) is 12.1 Å². The number of alkyl halides is 3. The van der Waals surface area contributed by atoms with Crippen LogP contribution in [0.4, 0.5) is 4.39 Å². The van der Waals surface area contributed by atoms with E-state index in [0.29, 0.717) is 23.2 Å². The minimum atomic E-state index is -1.13. The van der Waals surface area contributed by atoms with Crippen LogP contribution in [0.25, 0.3) is 33.6 Å². The van der Waals surface area contributed by atoms with Gasteiger partial charge in [-0.3, -0.25) is 0 Å². The molecule has 3 aromatic carbocycles. The third-order valence-corrected chi connectivity index (χ3v) is 12.7. The number of aromatic nitrogens is 1. The number of rotatable bonds is 7. The van der Waals surface area contributed by atoms with Crippen molar-refractivity contribution < 1.29 is 23.9 Å². The Morgan fingerprint density at radius 2 is 1.73 bits per heavy atom. The van der Waals surface area contributed by atoms with Crippen LogP contribution >= 0.6 is 19.8 Å². The summed E-state index contributed by atoms with van der Waals surface area (Å²) in [7, 11) is 0. The number of halogens is 2. The first-order chi connectivity index (χ1) is 19.4. The average Bonchev–Trinajstić information content (AvgIpc) is 3.36. The predicted molar refractivity (Wildman–Crippen MR) is 163 cm³/mol. The van der Waals surface area contributed by atoms with Gasteiger partial charge in [0.15, 0.2) is 0 Å². The van der Waals surface area contributed by atoms with Crippen molar-refractivity contribution in [3.8, 4) is 45.1 Å². The van der Waals surface area contributed by atoms with Crippen molar-refractivity contribution in [2.24, 2.45) is 0 Å². The molecule has 0 atom stereocenters. The van der Waals surface area contributed by atoms with Crippen LogP contribution in [-0.2, 0) is 4.43 Å². The number of carbonyl (C=O) groups is 1. The molecular formula is C31H33FIN3O4. The molecule has 1 amide bonds. The van der Waals surface area contributed by atoms with Crippen molar-refractivity contribution in [2.75, 3.05) is 22.1 Å². The molecule has 7 nitrogen and oxygen atoms in total. The Labute approximate surface area is 240 Å². The summed E-state index contributed by atoms with van der Waals surface area (Å²) in [5.74, 6) is -0.986. The summed E-state index contributed by atoms with van der Waals surface area (Å²) in [6.45, 7) is 3.35. The zero-order valence-corrected chi connectivity index (χ0v) is 24.5. The molecule has 4 N–H and O–H groups in total. The first-order valence-corrected chi connectivity index (χ1v) is 18.0. The van der Waals surface area contributed by atoms with Crippen LogP contribution in [0, 0.1) is 5.82 Å². The molecule has 1 aliphatic rings. The summed E-state index contributed by atoms with van der Waals surface area (Å²) < 4.78 is 22.9. The molecule has 0 aliphatic carbocycles. The van der Waals surface area contributed by atoms with Crippen LogP contribution in [0.5, 0.6) is 11.5 Å². The molecule has 0 radical (unpaired) electrons. The van der Waals surface area contributed by atoms with E-state index >= 15 is 0 Å². The summed E-state index contributed by atoms with van der Waals surface area (Å²) in [5, 5.41) is 31.9. The Hall–Kier alpha value is -3.44. The second-order valence-electron chi connectivity index (χ2n) is 9.77. The molecule has 4 aromatic rings. The molecule has 0 saturated carbocycles. The van der Waals surface area contributed by atoms with Crippen LogP contribution in [0.1, 0.15) is 42.2 Å². The van der Waals surface area contributed by atoms with Crippen LogP contribution in [0.15, 0.2) is 65.2 Å². The van der Waals surface area contributed by atoms with E-state index in [4.69, 9.17) is 4.52 Å². The third-order valence-electron chi connectivity index (χ3n) is 6.88. The number of nitrogens with one attached hydrogen (secondary N) is 2. The molecule has 0 spiro atoms. The molecule has 210 valence electrons. The van der Waals surface area contributed by atoms with Crippen molar-refractivity contribution in [3.63, 3.8) is 0 Å². The maximum atomic E-state index is 13.5. The molecule has 1 aromatic heterocycles. The Morgan fingerprint density at radius 3 is 2.48 bits per heavy atom. The zero-order chi connectivity index (χ0) is 28.1. The number of hydrogen-bond donors (Lipinski definition) is 4.